The first-order valence-corrected chi connectivity index (χ1v) is 8.01. The number of aromatic nitrogens is 1. The molecular weight excluding hydrogens is 330 g/mol. The highest BCUT2D eigenvalue weighted by Gasteiger charge is 2.35. The largest absolute Gasteiger partial charge is 0.496 e. The summed E-state index contributed by atoms with van der Waals surface area (Å²) >= 11 is 0. The predicted octanol–water partition coefficient (Wildman–Crippen LogP) is 2.75. The fourth-order valence-electron chi connectivity index (χ4n) is 3.39. The van der Waals surface area contributed by atoms with Crippen LogP contribution in [0.5, 0.6) is 11.5 Å². The fraction of sp³-hybridized carbons (Fsp3) is 0.100. The zero-order valence-electron chi connectivity index (χ0n) is 13.9. The second-order valence-electron chi connectivity index (χ2n) is 5.91. The van der Waals surface area contributed by atoms with Crippen LogP contribution in [0.2, 0.25) is 0 Å². The molecule has 3 aromatic rings. The van der Waals surface area contributed by atoms with Crippen LogP contribution in [-0.4, -0.2) is 12.1 Å². The van der Waals surface area contributed by atoms with Gasteiger partial charge in [0.25, 0.3) is 5.56 Å². The maximum absolute atomic E-state index is 12.9. The number of para-hydroxylation sites is 2. The van der Waals surface area contributed by atoms with E-state index >= 15 is 0 Å². The van der Waals surface area contributed by atoms with Gasteiger partial charge in [-0.1, -0.05) is 30.3 Å². The number of hydrogen-bond acceptors (Lipinski definition) is 5. The van der Waals surface area contributed by atoms with Crippen molar-refractivity contribution < 1.29 is 9.47 Å². The Hall–Kier alpha value is -3.72. The Morgan fingerprint density at radius 1 is 1.19 bits per heavy atom. The number of allylic oxidation sites excluding steroid dienone is 1. The van der Waals surface area contributed by atoms with Crippen LogP contribution in [0, 0.1) is 11.3 Å². The molecule has 26 heavy (non-hydrogen) atoms. The molecule has 0 fully saturated rings. The minimum absolute atomic E-state index is 0.00772. The van der Waals surface area contributed by atoms with Crippen molar-refractivity contribution in [2.75, 3.05) is 7.11 Å². The van der Waals surface area contributed by atoms with Crippen LogP contribution < -0.4 is 20.8 Å². The van der Waals surface area contributed by atoms with Gasteiger partial charge in [0.15, 0.2) is 0 Å². The molecule has 1 aliphatic rings. The molecule has 1 aromatic heterocycles. The minimum atomic E-state index is -0.673. The average Bonchev–Trinajstić information content (AvgIpc) is 2.67. The number of methoxy groups -OCH3 is 1. The maximum Gasteiger partial charge on any atom is 0.256 e. The summed E-state index contributed by atoms with van der Waals surface area (Å²) in [5, 5.41) is 10.4. The lowest BCUT2D eigenvalue weighted by atomic mass is 9.83. The number of ether oxygens (including phenoxy) is 2. The van der Waals surface area contributed by atoms with Gasteiger partial charge in [0.1, 0.15) is 23.1 Å². The Balaban J connectivity index is 2.11. The molecule has 2 heterocycles. The van der Waals surface area contributed by atoms with Crippen molar-refractivity contribution >= 4 is 10.9 Å². The van der Waals surface area contributed by atoms with E-state index < -0.39 is 5.92 Å². The van der Waals surface area contributed by atoms with Crippen molar-refractivity contribution in [3.63, 3.8) is 0 Å². The third-order valence-corrected chi connectivity index (χ3v) is 4.53. The first kappa shape index (κ1) is 15.8. The zero-order valence-corrected chi connectivity index (χ0v) is 13.9. The van der Waals surface area contributed by atoms with Gasteiger partial charge in [-0.15, -0.1) is 0 Å². The monoisotopic (exact) mass is 345 g/mol. The van der Waals surface area contributed by atoms with Gasteiger partial charge in [0.05, 0.1) is 24.1 Å². The molecule has 6 nitrogen and oxygen atoms in total. The molecule has 0 saturated carbocycles. The number of nitrogens with zero attached hydrogens (tertiary/aromatic N) is 1. The molecule has 0 spiro atoms. The van der Waals surface area contributed by atoms with E-state index in [-0.39, 0.29) is 17.0 Å². The summed E-state index contributed by atoms with van der Waals surface area (Å²) < 4.78 is 11.2. The van der Waals surface area contributed by atoms with Crippen LogP contribution in [0.1, 0.15) is 17.0 Å². The molecule has 2 aromatic carbocycles. The highest BCUT2D eigenvalue weighted by atomic mass is 16.5. The molecule has 0 unspecified atom stereocenters. The van der Waals surface area contributed by atoms with E-state index in [0.717, 1.165) is 5.39 Å². The number of benzene rings is 2. The van der Waals surface area contributed by atoms with Crippen LogP contribution in [0.3, 0.4) is 0 Å². The Morgan fingerprint density at radius 3 is 2.69 bits per heavy atom. The fourth-order valence-corrected chi connectivity index (χ4v) is 3.39. The molecule has 0 aliphatic carbocycles. The number of hydrogen-bond donors (Lipinski definition) is 2. The van der Waals surface area contributed by atoms with Gasteiger partial charge in [-0.05, 0) is 18.2 Å². The number of nitrogens with one attached hydrogen (secondary N) is 1. The normalized spacial score (nSPS) is 15.9. The number of nitrogens with two attached hydrogens (primary N) is 1. The second kappa shape index (κ2) is 5.97. The van der Waals surface area contributed by atoms with E-state index in [2.05, 4.69) is 11.1 Å². The van der Waals surface area contributed by atoms with Crippen LogP contribution >= 0.6 is 0 Å². The van der Waals surface area contributed by atoms with E-state index in [1.165, 1.54) is 0 Å². The first-order valence-electron chi connectivity index (χ1n) is 8.01. The van der Waals surface area contributed by atoms with Gasteiger partial charge < -0.3 is 20.2 Å². The lowest BCUT2D eigenvalue weighted by Crippen LogP contribution is -2.28. The van der Waals surface area contributed by atoms with Crippen LogP contribution in [0.4, 0.5) is 0 Å². The number of rotatable bonds is 2. The zero-order chi connectivity index (χ0) is 18.3. The number of aromatic amines is 1. The van der Waals surface area contributed by atoms with Crippen molar-refractivity contribution in [2.24, 2.45) is 5.73 Å². The van der Waals surface area contributed by atoms with Gasteiger partial charge in [0, 0.05) is 10.9 Å². The number of nitriles is 1. The molecule has 4 rings (SSSR count). The Kier molecular flexibility index (Phi) is 3.63. The molecule has 128 valence electrons. The quantitative estimate of drug-likeness (QED) is 0.744. The molecule has 6 heteroatoms. The summed E-state index contributed by atoms with van der Waals surface area (Å²) in [6.07, 6.45) is 0. The predicted molar refractivity (Wildman–Crippen MR) is 96.9 cm³/mol. The van der Waals surface area contributed by atoms with Gasteiger partial charge in [-0.3, -0.25) is 4.79 Å². The molecule has 0 bridgehead atoms. The Morgan fingerprint density at radius 2 is 1.92 bits per heavy atom. The van der Waals surface area contributed by atoms with E-state index in [9.17, 15) is 10.1 Å². The molecular formula is C20H15N3O3. The summed E-state index contributed by atoms with van der Waals surface area (Å²) in [6.45, 7) is 0. The second-order valence-corrected chi connectivity index (χ2v) is 5.91. The lowest BCUT2D eigenvalue weighted by molar-refractivity contribution is 0.389. The highest BCUT2D eigenvalue weighted by molar-refractivity contribution is 5.87. The van der Waals surface area contributed by atoms with Crippen LogP contribution in [0.15, 0.2) is 64.8 Å². The number of pyridine rings is 1. The number of H-pyrrole nitrogens is 1. The molecule has 0 radical (unpaired) electrons. The average molecular weight is 345 g/mol. The molecule has 1 atom stereocenters. The summed E-state index contributed by atoms with van der Waals surface area (Å²) in [7, 11) is 1.54. The summed E-state index contributed by atoms with van der Waals surface area (Å²) in [6, 6.07) is 16.6. The summed E-state index contributed by atoms with van der Waals surface area (Å²) in [5.41, 5.74) is 7.57. The number of fused-ring (bicyclic) bond motifs is 3. The summed E-state index contributed by atoms with van der Waals surface area (Å²) in [5.74, 6) is 0.259. The van der Waals surface area contributed by atoms with Crippen LogP contribution in [-0.2, 0) is 0 Å². The summed E-state index contributed by atoms with van der Waals surface area (Å²) in [4.78, 5) is 15.7. The van der Waals surface area contributed by atoms with E-state index in [0.29, 0.717) is 28.1 Å². The Labute approximate surface area is 149 Å². The van der Waals surface area contributed by atoms with E-state index in [4.69, 9.17) is 15.2 Å². The van der Waals surface area contributed by atoms with Crippen molar-refractivity contribution in [3.8, 4) is 17.6 Å². The van der Waals surface area contributed by atoms with E-state index in [1.54, 1.807) is 19.2 Å². The SMILES string of the molecule is COc1ccccc1[C@@H]1C(C#N)=C(N)Oc2c1c(=O)[nH]c1ccccc21. The van der Waals surface area contributed by atoms with Crippen molar-refractivity contribution in [1.29, 1.82) is 5.26 Å². The standard InChI is InChI=1S/C20H15N3O3/c1-25-15-9-5-3-7-12(15)16-13(10-21)19(22)26-18-11-6-2-4-8-14(11)23-20(24)17(16)18/h2-9,16H,22H2,1H3,(H,23,24)/t16-/m1/s1. The molecule has 0 amide bonds. The smallest absolute Gasteiger partial charge is 0.256 e. The Bertz CT molecular complexity index is 1150. The third kappa shape index (κ3) is 2.22. The van der Waals surface area contributed by atoms with E-state index in [1.807, 2.05) is 36.4 Å². The van der Waals surface area contributed by atoms with Crippen molar-refractivity contribution in [3.05, 3.63) is 81.5 Å². The van der Waals surface area contributed by atoms with Gasteiger partial charge >= 0.3 is 0 Å². The molecule has 3 N–H and O–H groups in total. The van der Waals surface area contributed by atoms with Gasteiger partial charge in [-0.2, -0.15) is 5.26 Å². The third-order valence-electron chi connectivity index (χ3n) is 4.53. The highest BCUT2D eigenvalue weighted by Crippen LogP contribution is 2.45. The minimum Gasteiger partial charge on any atom is -0.496 e. The van der Waals surface area contributed by atoms with Crippen molar-refractivity contribution in [2.45, 2.75) is 5.92 Å². The molecule has 0 saturated heterocycles. The van der Waals surface area contributed by atoms with Gasteiger partial charge in [-0.25, -0.2) is 0 Å². The van der Waals surface area contributed by atoms with Crippen LogP contribution in [0.25, 0.3) is 10.9 Å². The lowest BCUT2D eigenvalue weighted by Gasteiger charge is -2.27. The first-order chi connectivity index (χ1) is 12.7. The maximum atomic E-state index is 12.9. The topological polar surface area (TPSA) is 101 Å². The van der Waals surface area contributed by atoms with Crippen molar-refractivity contribution in [1.82, 2.24) is 4.98 Å². The molecule has 1 aliphatic heterocycles. The van der Waals surface area contributed by atoms with Gasteiger partial charge in [0.2, 0.25) is 5.88 Å².